The van der Waals surface area contributed by atoms with Gasteiger partial charge in [-0.3, -0.25) is 4.98 Å². The largest absolute Gasteiger partial charge is 0.497 e. The Kier molecular flexibility index (Phi) is 2.73. The topological polar surface area (TPSA) is 56.3 Å². The van der Waals surface area contributed by atoms with Crippen molar-refractivity contribution >= 4 is 30.6 Å². The van der Waals surface area contributed by atoms with Crippen molar-refractivity contribution in [3.8, 4) is 5.75 Å². The fraction of sp³-hybridized carbons (Fsp3) is 0.100. The van der Waals surface area contributed by atoms with E-state index < -0.39 is 9.05 Å². The van der Waals surface area contributed by atoms with Gasteiger partial charge in [-0.1, -0.05) is 0 Å². The van der Waals surface area contributed by atoms with E-state index in [9.17, 15) is 8.42 Å². The molecule has 0 radical (unpaired) electrons. The Morgan fingerprint density at radius 2 is 2.06 bits per heavy atom. The van der Waals surface area contributed by atoms with E-state index in [0.29, 0.717) is 16.7 Å². The number of rotatable bonds is 2. The maximum atomic E-state index is 11.1. The fourth-order valence-corrected chi connectivity index (χ4v) is 2.04. The van der Waals surface area contributed by atoms with Gasteiger partial charge in [-0.25, -0.2) is 8.42 Å². The molecule has 0 amide bonds. The third kappa shape index (κ3) is 2.10. The molecule has 0 aliphatic rings. The number of methoxy groups -OCH3 is 1. The van der Waals surface area contributed by atoms with E-state index in [0.717, 1.165) is 0 Å². The number of ether oxygens (including phenoxy) is 1. The molecule has 16 heavy (non-hydrogen) atoms. The Morgan fingerprint density at radius 1 is 1.31 bits per heavy atom. The van der Waals surface area contributed by atoms with Gasteiger partial charge in [-0.05, 0) is 18.2 Å². The Balaban J connectivity index is 2.65. The highest BCUT2D eigenvalue weighted by molar-refractivity contribution is 8.13. The van der Waals surface area contributed by atoms with Gasteiger partial charge < -0.3 is 4.74 Å². The van der Waals surface area contributed by atoms with Crippen LogP contribution in [0.4, 0.5) is 0 Å². The van der Waals surface area contributed by atoms with Gasteiger partial charge in [0.2, 0.25) is 0 Å². The van der Waals surface area contributed by atoms with E-state index >= 15 is 0 Å². The van der Waals surface area contributed by atoms with Crippen LogP contribution in [-0.4, -0.2) is 20.5 Å². The minimum Gasteiger partial charge on any atom is -0.497 e. The van der Waals surface area contributed by atoms with Gasteiger partial charge in [0.05, 0.1) is 12.6 Å². The monoisotopic (exact) mass is 257 g/mol. The molecule has 0 atom stereocenters. The van der Waals surface area contributed by atoms with Crippen LogP contribution in [-0.2, 0) is 9.05 Å². The third-order valence-corrected chi connectivity index (χ3v) is 3.47. The number of hydrogen-bond donors (Lipinski definition) is 0. The molecule has 1 heterocycles. The summed E-state index contributed by atoms with van der Waals surface area (Å²) < 4.78 is 27.2. The van der Waals surface area contributed by atoms with Crippen molar-refractivity contribution in [3.05, 3.63) is 30.5 Å². The molecule has 4 nitrogen and oxygen atoms in total. The first-order chi connectivity index (χ1) is 7.50. The van der Waals surface area contributed by atoms with Gasteiger partial charge in [0, 0.05) is 28.3 Å². The lowest BCUT2D eigenvalue weighted by Gasteiger charge is -2.02. The standard InChI is InChI=1S/C10H8ClNO3S/c1-15-8-3-2-7-4-9(16(11,13)14)6-12-10(7)5-8/h2-6H,1H3. The van der Waals surface area contributed by atoms with Crippen molar-refractivity contribution in [2.75, 3.05) is 7.11 Å². The molecule has 84 valence electrons. The highest BCUT2D eigenvalue weighted by atomic mass is 35.7. The highest BCUT2D eigenvalue weighted by Crippen LogP contribution is 2.22. The molecule has 0 aliphatic carbocycles. The first-order valence-corrected chi connectivity index (χ1v) is 6.70. The number of nitrogens with zero attached hydrogens (tertiary/aromatic N) is 1. The molecule has 1 aromatic heterocycles. The molecule has 1 aromatic carbocycles. The smallest absolute Gasteiger partial charge is 0.262 e. The van der Waals surface area contributed by atoms with Crippen LogP contribution in [0.5, 0.6) is 5.75 Å². The third-order valence-electron chi connectivity index (χ3n) is 2.15. The second kappa shape index (κ2) is 3.92. The molecular weight excluding hydrogens is 250 g/mol. The molecule has 2 aromatic rings. The number of pyridine rings is 1. The zero-order valence-corrected chi connectivity index (χ0v) is 9.92. The van der Waals surface area contributed by atoms with E-state index in [4.69, 9.17) is 15.4 Å². The summed E-state index contributed by atoms with van der Waals surface area (Å²) in [6, 6.07) is 6.66. The molecule has 0 aliphatic heterocycles. The summed E-state index contributed by atoms with van der Waals surface area (Å²) >= 11 is 0. The normalized spacial score (nSPS) is 11.6. The summed E-state index contributed by atoms with van der Waals surface area (Å²) in [7, 11) is 3.05. The lowest BCUT2D eigenvalue weighted by molar-refractivity contribution is 0.415. The minimum absolute atomic E-state index is 0.00756. The van der Waals surface area contributed by atoms with Crippen molar-refractivity contribution in [1.29, 1.82) is 0 Å². The number of hydrogen-bond acceptors (Lipinski definition) is 4. The first kappa shape index (κ1) is 11.2. The molecule has 0 N–H and O–H groups in total. The molecule has 0 bridgehead atoms. The maximum Gasteiger partial charge on any atom is 0.262 e. The molecule has 0 spiro atoms. The zero-order chi connectivity index (χ0) is 11.8. The lowest BCUT2D eigenvalue weighted by Crippen LogP contribution is -1.92. The molecular formula is C10H8ClNO3S. The average Bonchev–Trinajstić information content (AvgIpc) is 2.26. The summed E-state index contributed by atoms with van der Waals surface area (Å²) in [5.41, 5.74) is 0.656. The van der Waals surface area contributed by atoms with Crippen LogP contribution in [0.3, 0.4) is 0 Å². The van der Waals surface area contributed by atoms with Crippen LogP contribution in [0.2, 0.25) is 0 Å². The van der Waals surface area contributed by atoms with Crippen LogP contribution in [0.1, 0.15) is 0 Å². The maximum absolute atomic E-state index is 11.1. The summed E-state index contributed by atoms with van der Waals surface area (Å²) in [6.45, 7) is 0. The second-order valence-corrected chi connectivity index (χ2v) is 5.73. The summed E-state index contributed by atoms with van der Waals surface area (Å²) in [5, 5.41) is 0.697. The Labute approximate surface area is 97.2 Å². The minimum atomic E-state index is -3.73. The highest BCUT2D eigenvalue weighted by Gasteiger charge is 2.11. The van der Waals surface area contributed by atoms with Gasteiger partial charge in [0.1, 0.15) is 10.6 Å². The second-order valence-electron chi connectivity index (χ2n) is 3.17. The molecule has 0 saturated carbocycles. The molecule has 0 fully saturated rings. The average molecular weight is 258 g/mol. The van der Waals surface area contributed by atoms with Crippen LogP contribution < -0.4 is 4.74 Å². The SMILES string of the molecule is COc1ccc2cc(S(=O)(=O)Cl)cnc2c1. The molecule has 0 unspecified atom stereocenters. The van der Waals surface area contributed by atoms with Gasteiger partial charge in [0.25, 0.3) is 9.05 Å². The number of halogens is 1. The lowest BCUT2D eigenvalue weighted by atomic mass is 10.2. The predicted octanol–water partition coefficient (Wildman–Crippen LogP) is 2.17. The molecule has 0 saturated heterocycles. The van der Waals surface area contributed by atoms with Crippen molar-refractivity contribution < 1.29 is 13.2 Å². The number of fused-ring (bicyclic) bond motifs is 1. The van der Waals surface area contributed by atoms with Crippen molar-refractivity contribution in [2.45, 2.75) is 4.90 Å². The molecule has 6 heteroatoms. The van der Waals surface area contributed by atoms with Crippen molar-refractivity contribution in [3.63, 3.8) is 0 Å². The van der Waals surface area contributed by atoms with Crippen molar-refractivity contribution in [1.82, 2.24) is 4.98 Å². The van der Waals surface area contributed by atoms with Gasteiger partial charge >= 0.3 is 0 Å². The van der Waals surface area contributed by atoms with E-state index in [1.807, 2.05) is 0 Å². The summed E-state index contributed by atoms with van der Waals surface area (Å²) in [6.07, 6.45) is 1.23. The van der Waals surface area contributed by atoms with E-state index in [1.165, 1.54) is 12.3 Å². The number of aromatic nitrogens is 1. The summed E-state index contributed by atoms with van der Waals surface area (Å²) in [5.74, 6) is 0.668. The Hall–Kier alpha value is -1.33. The van der Waals surface area contributed by atoms with Gasteiger partial charge in [0.15, 0.2) is 0 Å². The Bertz CT molecular complexity index is 640. The first-order valence-electron chi connectivity index (χ1n) is 4.39. The van der Waals surface area contributed by atoms with Crippen LogP contribution >= 0.6 is 10.7 Å². The van der Waals surface area contributed by atoms with E-state index in [-0.39, 0.29) is 4.90 Å². The van der Waals surface area contributed by atoms with Crippen molar-refractivity contribution in [2.24, 2.45) is 0 Å². The van der Waals surface area contributed by atoms with Crippen LogP contribution in [0.15, 0.2) is 35.4 Å². The predicted molar refractivity (Wildman–Crippen MR) is 61.3 cm³/mol. The van der Waals surface area contributed by atoms with Crippen LogP contribution in [0, 0.1) is 0 Å². The van der Waals surface area contributed by atoms with Crippen LogP contribution in [0.25, 0.3) is 10.9 Å². The van der Waals surface area contributed by atoms with Gasteiger partial charge in [-0.15, -0.1) is 0 Å². The van der Waals surface area contributed by atoms with E-state index in [2.05, 4.69) is 4.98 Å². The van der Waals surface area contributed by atoms with E-state index in [1.54, 1.807) is 25.3 Å². The number of benzene rings is 1. The fourth-order valence-electron chi connectivity index (χ4n) is 1.34. The van der Waals surface area contributed by atoms with Gasteiger partial charge in [-0.2, -0.15) is 0 Å². The molecule has 2 rings (SSSR count). The quantitative estimate of drug-likeness (QED) is 0.774. The Morgan fingerprint density at radius 3 is 2.69 bits per heavy atom. The zero-order valence-electron chi connectivity index (χ0n) is 8.34. The summed E-state index contributed by atoms with van der Waals surface area (Å²) in [4.78, 5) is 4.01.